The molecule has 2 aromatic heterocycles. The van der Waals surface area contributed by atoms with E-state index in [2.05, 4.69) is 20.3 Å². The smallest absolute Gasteiger partial charge is 0.383 e. The van der Waals surface area contributed by atoms with Gasteiger partial charge in [0.25, 0.3) is 5.91 Å². The van der Waals surface area contributed by atoms with Gasteiger partial charge in [0.15, 0.2) is 0 Å². The zero-order valence-electron chi connectivity index (χ0n) is 24.5. The van der Waals surface area contributed by atoms with Crippen molar-refractivity contribution >= 4 is 23.2 Å². The number of nitrogens with one attached hydrogen (secondary N) is 2. The van der Waals surface area contributed by atoms with Gasteiger partial charge in [-0.1, -0.05) is 0 Å². The summed E-state index contributed by atoms with van der Waals surface area (Å²) < 4.78 is 82.6. The van der Waals surface area contributed by atoms with Crippen molar-refractivity contribution in [2.45, 2.75) is 18.4 Å². The summed E-state index contributed by atoms with van der Waals surface area (Å²) in [5.41, 5.74) is -3.13. The molecule has 2 aliphatic rings. The van der Waals surface area contributed by atoms with E-state index in [9.17, 15) is 22.8 Å². The van der Waals surface area contributed by atoms with E-state index in [4.69, 9.17) is 9.47 Å². The topological polar surface area (TPSA) is 116 Å². The molecule has 1 aromatic carbocycles. The van der Waals surface area contributed by atoms with Gasteiger partial charge in [-0.05, 0) is 19.2 Å². The fourth-order valence-corrected chi connectivity index (χ4v) is 5.38. The number of hydrogen-bond acceptors (Lipinski definition) is 9. The second-order valence-corrected chi connectivity index (χ2v) is 10.8. The molecule has 0 saturated carbocycles. The van der Waals surface area contributed by atoms with E-state index < -0.39 is 46.8 Å². The van der Waals surface area contributed by atoms with Crippen LogP contribution in [-0.2, 0) is 15.7 Å². The number of amides is 1. The molecule has 2 saturated heterocycles. The molecule has 0 bridgehead atoms. The van der Waals surface area contributed by atoms with E-state index in [-0.39, 0.29) is 41.7 Å². The second-order valence-electron chi connectivity index (χ2n) is 10.8. The highest BCUT2D eigenvalue weighted by atomic mass is 19.4. The van der Waals surface area contributed by atoms with E-state index in [1.165, 1.54) is 30.5 Å². The maximum Gasteiger partial charge on any atom is 0.417 e. The molecule has 5 rings (SSSR count). The standard InChI is InChI=1S/C29H32F5N7O4/c1-39(3-6-44-2)25-16-41(15-22(25)31)24-11-21(30)18(17-12-36-28(37-13-17)40-4-7-45-8-5-40)9-23(24)38-27(43)19-14-35-26(42)10-20(19)29(32,33)34/h9-14,22,25H,3-8,15-16H2,1-2H3,(H,35,42)(H,38,43). The Balaban J connectivity index is 1.52. The van der Waals surface area contributed by atoms with Gasteiger partial charge >= 0.3 is 6.18 Å². The van der Waals surface area contributed by atoms with Crippen molar-refractivity contribution in [3.63, 3.8) is 0 Å². The van der Waals surface area contributed by atoms with Gasteiger partial charge in [0.05, 0.1) is 54.9 Å². The number of methoxy groups -OCH3 is 1. The number of carbonyl (C=O) groups is 1. The van der Waals surface area contributed by atoms with E-state index in [0.29, 0.717) is 51.6 Å². The normalized spacial score (nSPS) is 18.9. The Bertz CT molecular complexity index is 1560. The molecule has 2 N–H and O–H groups in total. The van der Waals surface area contributed by atoms with Crippen molar-refractivity contribution in [3.05, 3.63) is 64.1 Å². The number of pyridine rings is 1. The minimum Gasteiger partial charge on any atom is -0.383 e. The molecular formula is C29H32F5N7O4. The molecule has 4 heterocycles. The van der Waals surface area contributed by atoms with Crippen LogP contribution >= 0.6 is 0 Å². The number of ether oxygens (including phenoxy) is 2. The van der Waals surface area contributed by atoms with Gasteiger partial charge in [-0.15, -0.1) is 0 Å². The van der Waals surface area contributed by atoms with Crippen molar-refractivity contribution in [3.8, 4) is 11.1 Å². The highest BCUT2D eigenvalue weighted by Crippen LogP contribution is 2.38. The van der Waals surface area contributed by atoms with Crippen LogP contribution in [0.15, 0.2) is 41.6 Å². The van der Waals surface area contributed by atoms with Crippen LogP contribution in [0, 0.1) is 5.82 Å². The van der Waals surface area contributed by atoms with E-state index >= 15 is 8.78 Å². The highest BCUT2D eigenvalue weighted by Gasteiger charge is 2.38. The number of nitrogens with zero attached hydrogens (tertiary/aromatic N) is 5. The molecule has 0 radical (unpaired) electrons. The van der Waals surface area contributed by atoms with E-state index in [1.807, 2.05) is 4.90 Å². The average Bonchev–Trinajstić information content (AvgIpc) is 3.41. The highest BCUT2D eigenvalue weighted by molar-refractivity contribution is 6.07. The van der Waals surface area contributed by atoms with Crippen LogP contribution in [-0.4, -0.2) is 105 Å². The zero-order chi connectivity index (χ0) is 32.3. The number of likely N-dealkylation sites (N-methyl/N-ethyl adjacent to an activating group) is 1. The van der Waals surface area contributed by atoms with Gasteiger partial charge in [0.2, 0.25) is 11.5 Å². The number of benzene rings is 1. The Hall–Kier alpha value is -4.15. The van der Waals surface area contributed by atoms with Gasteiger partial charge in [0.1, 0.15) is 12.0 Å². The number of carbonyl (C=O) groups excluding carboxylic acids is 1. The van der Waals surface area contributed by atoms with Crippen LogP contribution in [0.2, 0.25) is 0 Å². The SMILES string of the molecule is COCCN(C)C1CN(c2cc(F)c(-c3cnc(N4CCOCC4)nc3)cc2NC(=O)c2c[nH]c(=O)cc2C(F)(F)F)CC1F. The Labute approximate surface area is 255 Å². The lowest BCUT2D eigenvalue weighted by molar-refractivity contribution is -0.138. The van der Waals surface area contributed by atoms with Crippen LogP contribution in [0.3, 0.4) is 0 Å². The van der Waals surface area contributed by atoms with Gasteiger partial charge in [-0.3, -0.25) is 14.5 Å². The summed E-state index contributed by atoms with van der Waals surface area (Å²) in [6, 6.07) is 2.05. The third kappa shape index (κ3) is 7.23. The van der Waals surface area contributed by atoms with Crippen LogP contribution < -0.4 is 20.7 Å². The Morgan fingerprint density at radius 3 is 2.53 bits per heavy atom. The van der Waals surface area contributed by atoms with E-state index in [0.717, 1.165) is 6.07 Å². The first kappa shape index (κ1) is 32.2. The molecule has 3 aromatic rings. The number of alkyl halides is 4. The summed E-state index contributed by atoms with van der Waals surface area (Å²) in [5, 5.41) is 2.44. The molecular weight excluding hydrogens is 605 g/mol. The maximum atomic E-state index is 15.7. The van der Waals surface area contributed by atoms with Gasteiger partial charge < -0.3 is 29.6 Å². The summed E-state index contributed by atoms with van der Waals surface area (Å²) in [7, 11) is 3.25. The van der Waals surface area contributed by atoms with Gasteiger partial charge in [-0.2, -0.15) is 13.2 Å². The fourth-order valence-electron chi connectivity index (χ4n) is 5.38. The monoisotopic (exact) mass is 637 g/mol. The average molecular weight is 638 g/mol. The third-order valence-corrected chi connectivity index (χ3v) is 7.83. The predicted molar refractivity (Wildman–Crippen MR) is 156 cm³/mol. The van der Waals surface area contributed by atoms with Gasteiger partial charge in [-0.25, -0.2) is 18.7 Å². The van der Waals surface area contributed by atoms with Crippen LogP contribution in [0.4, 0.5) is 39.3 Å². The molecule has 11 nitrogen and oxygen atoms in total. The van der Waals surface area contributed by atoms with Crippen LogP contribution in [0.5, 0.6) is 0 Å². The lowest BCUT2D eigenvalue weighted by Crippen LogP contribution is -2.40. The van der Waals surface area contributed by atoms with Crippen molar-refractivity contribution in [1.29, 1.82) is 0 Å². The number of H-pyrrole nitrogens is 1. The zero-order valence-corrected chi connectivity index (χ0v) is 24.5. The third-order valence-electron chi connectivity index (χ3n) is 7.83. The van der Waals surface area contributed by atoms with Crippen LogP contribution in [0.25, 0.3) is 11.1 Å². The Kier molecular flexibility index (Phi) is 9.65. The van der Waals surface area contributed by atoms with Crippen molar-refractivity contribution < 1.29 is 36.2 Å². The van der Waals surface area contributed by atoms with E-state index in [1.54, 1.807) is 11.9 Å². The molecule has 2 aliphatic heterocycles. The number of aromatic nitrogens is 3. The summed E-state index contributed by atoms with van der Waals surface area (Å²) in [4.78, 5) is 40.9. The Morgan fingerprint density at radius 1 is 1.16 bits per heavy atom. The molecule has 1 amide bonds. The molecule has 45 heavy (non-hydrogen) atoms. The predicted octanol–water partition coefficient (Wildman–Crippen LogP) is 3.18. The first-order valence-corrected chi connectivity index (χ1v) is 14.1. The lowest BCUT2D eigenvalue weighted by atomic mass is 10.0. The molecule has 2 atom stereocenters. The first-order chi connectivity index (χ1) is 21.5. The quantitative estimate of drug-likeness (QED) is 0.342. The van der Waals surface area contributed by atoms with Gasteiger partial charge in [0, 0.05) is 69.1 Å². The number of aromatic amines is 1. The number of halogens is 5. The number of anilines is 3. The molecule has 2 fully saturated rings. The number of morpholine rings is 1. The van der Waals surface area contributed by atoms with Crippen molar-refractivity contribution in [1.82, 2.24) is 19.9 Å². The summed E-state index contributed by atoms with van der Waals surface area (Å²) in [6.45, 7) is 2.91. The molecule has 16 heteroatoms. The molecule has 0 spiro atoms. The molecule has 2 unspecified atom stereocenters. The largest absolute Gasteiger partial charge is 0.417 e. The summed E-state index contributed by atoms with van der Waals surface area (Å²) in [5.74, 6) is -1.53. The molecule has 0 aliphatic carbocycles. The van der Waals surface area contributed by atoms with Crippen molar-refractivity contribution in [2.24, 2.45) is 0 Å². The van der Waals surface area contributed by atoms with Crippen molar-refractivity contribution in [2.75, 3.05) is 81.8 Å². The number of rotatable bonds is 9. The first-order valence-electron chi connectivity index (χ1n) is 14.1. The Morgan fingerprint density at radius 2 is 1.87 bits per heavy atom. The fraction of sp³-hybridized carbons (Fsp3) is 0.448. The second kappa shape index (κ2) is 13.5. The minimum atomic E-state index is -5.01. The minimum absolute atomic E-state index is 0.0372. The van der Waals surface area contributed by atoms with Crippen LogP contribution in [0.1, 0.15) is 15.9 Å². The maximum absolute atomic E-state index is 15.7. The molecule has 242 valence electrons. The summed E-state index contributed by atoms with van der Waals surface area (Å²) in [6.07, 6.45) is -2.89. The number of hydrogen-bond donors (Lipinski definition) is 2. The summed E-state index contributed by atoms with van der Waals surface area (Å²) >= 11 is 0. The lowest BCUT2D eigenvalue weighted by Gasteiger charge is -2.27.